The van der Waals surface area contributed by atoms with E-state index in [9.17, 15) is 4.79 Å². The van der Waals surface area contributed by atoms with Gasteiger partial charge in [0, 0.05) is 0 Å². The van der Waals surface area contributed by atoms with Gasteiger partial charge in [-0.2, -0.15) is 20.1 Å². The number of carboxylic acid groups (broad SMARTS) is 1. The number of carbonyl (C=O) groups is 1. The van der Waals surface area contributed by atoms with Gasteiger partial charge in [-0.05, 0) is 12.1 Å². The Bertz CT molecular complexity index is 616. The first kappa shape index (κ1) is 12.3. The van der Waals surface area contributed by atoms with Crippen LogP contribution in [0.3, 0.4) is 0 Å². The van der Waals surface area contributed by atoms with Crippen molar-refractivity contribution in [1.29, 1.82) is 0 Å². The molecule has 10 heteroatoms. The molecule has 0 aliphatic rings. The Morgan fingerprint density at radius 1 is 1.32 bits per heavy atom. The van der Waals surface area contributed by atoms with Crippen LogP contribution in [0.2, 0.25) is 0 Å². The molecule has 0 aliphatic heterocycles. The van der Waals surface area contributed by atoms with E-state index in [2.05, 4.69) is 25.5 Å². The van der Waals surface area contributed by atoms with Crippen LogP contribution in [0.1, 0.15) is 16.3 Å². The van der Waals surface area contributed by atoms with Crippen molar-refractivity contribution < 1.29 is 14.3 Å². The fraction of sp³-hybridized carbons (Fsp3) is 0. The van der Waals surface area contributed by atoms with Crippen LogP contribution in [0.15, 0.2) is 21.7 Å². The molecule has 0 bridgehead atoms. The van der Waals surface area contributed by atoms with E-state index in [1.807, 2.05) is 0 Å². The molecule has 0 unspecified atom stereocenters. The highest BCUT2D eigenvalue weighted by Gasteiger charge is 2.07. The fourth-order valence-corrected chi connectivity index (χ4v) is 1.15. The van der Waals surface area contributed by atoms with Crippen LogP contribution in [-0.4, -0.2) is 32.2 Å². The maximum atomic E-state index is 10.6. The number of aromatic carboxylic acids is 1. The smallest absolute Gasteiger partial charge is 0.371 e. The summed E-state index contributed by atoms with van der Waals surface area (Å²) in [6, 6.07) is 2.76. The molecule has 2 heterocycles. The van der Waals surface area contributed by atoms with Crippen LogP contribution in [0, 0.1) is 0 Å². The topological polar surface area (TPSA) is 166 Å². The molecule has 0 saturated heterocycles. The number of hydrogen-bond donors (Lipinski definition) is 4. The molecule has 0 amide bonds. The summed E-state index contributed by atoms with van der Waals surface area (Å²) < 4.78 is 4.94. The minimum atomic E-state index is -1.16. The highest BCUT2D eigenvalue weighted by Crippen LogP contribution is 2.06. The van der Waals surface area contributed by atoms with Gasteiger partial charge < -0.3 is 21.0 Å². The quantitative estimate of drug-likeness (QED) is 0.430. The second-order valence-corrected chi connectivity index (χ2v) is 3.25. The van der Waals surface area contributed by atoms with Gasteiger partial charge in [-0.25, -0.2) is 10.2 Å². The van der Waals surface area contributed by atoms with Gasteiger partial charge in [0.2, 0.25) is 23.6 Å². The minimum Gasteiger partial charge on any atom is -0.475 e. The van der Waals surface area contributed by atoms with Gasteiger partial charge in [0.05, 0.1) is 6.21 Å². The van der Waals surface area contributed by atoms with E-state index in [0.717, 1.165) is 0 Å². The van der Waals surface area contributed by atoms with Gasteiger partial charge in [0.15, 0.2) is 0 Å². The van der Waals surface area contributed by atoms with Crippen LogP contribution in [0.4, 0.5) is 17.8 Å². The van der Waals surface area contributed by atoms with Gasteiger partial charge >= 0.3 is 5.97 Å². The molecule has 0 fully saturated rings. The van der Waals surface area contributed by atoms with Crippen molar-refractivity contribution in [3.8, 4) is 0 Å². The number of nitrogens with one attached hydrogen (secondary N) is 1. The standard InChI is InChI=1S/C9H9N7O3/c10-7-13-8(11)15-9(14-7)16-12-3-4-1-2-5(19-4)6(17)18/h1-3H,(H,17,18)(H5,10,11,13,14,15,16)/b12-3+. The molecule has 6 N–H and O–H groups in total. The largest absolute Gasteiger partial charge is 0.475 e. The van der Waals surface area contributed by atoms with Crippen LogP contribution in [-0.2, 0) is 0 Å². The number of nitrogens with two attached hydrogens (primary N) is 2. The molecule has 10 nitrogen and oxygen atoms in total. The molecule has 2 aromatic rings. The second kappa shape index (κ2) is 5.00. The first-order valence-corrected chi connectivity index (χ1v) is 4.94. The molecule has 0 aliphatic carbocycles. The predicted octanol–water partition coefficient (Wildman–Crippen LogP) is -0.227. The van der Waals surface area contributed by atoms with Gasteiger partial charge in [-0.3, -0.25) is 0 Å². The summed E-state index contributed by atoms with van der Waals surface area (Å²) in [6.07, 6.45) is 1.25. The molecule has 2 rings (SSSR count). The van der Waals surface area contributed by atoms with E-state index in [1.54, 1.807) is 0 Å². The van der Waals surface area contributed by atoms with Crippen molar-refractivity contribution in [3.05, 3.63) is 23.7 Å². The number of nitrogens with zero attached hydrogens (tertiary/aromatic N) is 4. The lowest BCUT2D eigenvalue weighted by Crippen LogP contribution is -2.06. The summed E-state index contributed by atoms with van der Waals surface area (Å²) in [5, 5.41) is 12.4. The third-order valence-corrected chi connectivity index (χ3v) is 1.86. The monoisotopic (exact) mass is 263 g/mol. The van der Waals surface area contributed by atoms with Crippen LogP contribution in [0.25, 0.3) is 0 Å². The average molecular weight is 263 g/mol. The molecule has 19 heavy (non-hydrogen) atoms. The zero-order chi connectivity index (χ0) is 13.8. The summed E-state index contributed by atoms with van der Waals surface area (Å²) in [7, 11) is 0. The number of rotatable bonds is 4. The first-order chi connectivity index (χ1) is 9.04. The van der Waals surface area contributed by atoms with E-state index in [-0.39, 0.29) is 29.4 Å². The van der Waals surface area contributed by atoms with Gasteiger partial charge in [-0.1, -0.05) is 0 Å². The minimum absolute atomic E-state index is 0.0450. The fourth-order valence-electron chi connectivity index (χ4n) is 1.15. The lowest BCUT2D eigenvalue weighted by Gasteiger charge is -1.99. The van der Waals surface area contributed by atoms with Crippen molar-refractivity contribution in [2.75, 3.05) is 16.9 Å². The van der Waals surface area contributed by atoms with Crippen molar-refractivity contribution >= 4 is 30.0 Å². The molecule has 98 valence electrons. The van der Waals surface area contributed by atoms with Crippen LogP contribution in [0.5, 0.6) is 0 Å². The predicted molar refractivity (Wildman–Crippen MR) is 65.5 cm³/mol. The SMILES string of the molecule is Nc1nc(N)nc(N/N=C/c2ccc(C(=O)O)o2)n1. The Balaban J connectivity index is 2.04. The highest BCUT2D eigenvalue weighted by atomic mass is 16.4. The van der Waals surface area contributed by atoms with Gasteiger partial charge in [0.25, 0.3) is 0 Å². The Morgan fingerprint density at radius 2 is 2.00 bits per heavy atom. The number of aromatic nitrogens is 3. The van der Waals surface area contributed by atoms with E-state index in [1.165, 1.54) is 18.3 Å². The number of hydrazone groups is 1. The zero-order valence-corrected chi connectivity index (χ0v) is 9.44. The van der Waals surface area contributed by atoms with Crippen molar-refractivity contribution in [2.45, 2.75) is 0 Å². The zero-order valence-electron chi connectivity index (χ0n) is 9.44. The Labute approximate surface area is 106 Å². The summed E-state index contributed by atoms with van der Waals surface area (Å²) in [4.78, 5) is 21.6. The number of furan rings is 1. The summed E-state index contributed by atoms with van der Waals surface area (Å²) >= 11 is 0. The van der Waals surface area contributed by atoms with Gasteiger partial charge in [-0.15, -0.1) is 0 Å². The average Bonchev–Trinajstić information content (AvgIpc) is 2.76. The second-order valence-electron chi connectivity index (χ2n) is 3.25. The maximum absolute atomic E-state index is 10.6. The van der Waals surface area contributed by atoms with Crippen molar-refractivity contribution in [3.63, 3.8) is 0 Å². The molecule has 2 aromatic heterocycles. The first-order valence-electron chi connectivity index (χ1n) is 4.94. The number of carboxylic acids is 1. The summed E-state index contributed by atoms with van der Waals surface area (Å²) in [5.74, 6) is -1.13. The molecule has 0 aromatic carbocycles. The van der Waals surface area contributed by atoms with Crippen LogP contribution >= 0.6 is 0 Å². The summed E-state index contributed by atoms with van der Waals surface area (Å²) in [6.45, 7) is 0. The third kappa shape index (κ3) is 3.15. The Hall–Kier alpha value is -3.17. The summed E-state index contributed by atoms with van der Waals surface area (Å²) in [5.41, 5.74) is 13.2. The van der Waals surface area contributed by atoms with E-state index >= 15 is 0 Å². The molecule has 0 atom stereocenters. The van der Waals surface area contributed by atoms with Gasteiger partial charge in [0.1, 0.15) is 5.76 Å². The molecule has 0 radical (unpaired) electrons. The highest BCUT2D eigenvalue weighted by molar-refractivity contribution is 5.86. The lowest BCUT2D eigenvalue weighted by molar-refractivity contribution is 0.0662. The molecular formula is C9H9N7O3. The van der Waals surface area contributed by atoms with Crippen molar-refractivity contribution in [1.82, 2.24) is 15.0 Å². The lowest BCUT2D eigenvalue weighted by atomic mass is 10.4. The molecule has 0 spiro atoms. The molecule has 0 saturated carbocycles. The Morgan fingerprint density at radius 3 is 2.58 bits per heavy atom. The van der Waals surface area contributed by atoms with Crippen LogP contribution < -0.4 is 16.9 Å². The number of hydrogen-bond acceptors (Lipinski definition) is 9. The molecular weight excluding hydrogens is 254 g/mol. The normalized spacial score (nSPS) is 10.7. The third-order valence-electron chi connectivity index (χ3n) is 1.86. The van der Waals surface area contributed by atoms with E-state index in [0.29, 0.717) is 0 Å². The Kier molecular flexibility index (Phi) is 3.23. The number of anilines is 3. The van der Waals surface area contributed by atoms with Crippen molar-refractivity contribution in [2.24, 2.45) is 5.10 Å². The van der Waals surface area contributed by atoms with E-state index < -0.39 is 5.97 Å². The maximum Gasteiger partial charge on any atom is 0.371 e. The number of nitrogen functional groups attached to an aromatic ring is 2. The van der Waals surface area contributed by atoms with E-state index in [4.69, 9.17) is 21.0 Å².